The molecule has 2 heterocycles. The number of pyridine rings is 2. The summed E-state index contributed by atoms with van der Waals surface area (Å²) in [5, 5.41) is 1.10. The Kier molecular flexibility index (Phi) is 1.80. The monoisotopic (exact) mass is 248 g/mol. The highest BCUT2D eigenvalue weighted by Gasteiger charge is 2.24. The predicted molar refractivity (Wildman–Crippen MR) is 59.2 cm³/mol. The largest absolute Gasteiger partial charge is 0.235 e. The molecule has 0 amide bonds. The van der Waals surface area contributed by atoms with Crippen LogP contribution in [0.5, 0.6) is 0 Å². The van der Waals surface area contributed by atoms with Crippen LogP contribution < -0.4 is 0 Å². The summed E-state index contributed by atoms with van der Waals surface area (Å²) < 4.78 is 1.01. The maximum atomic E-state index is 4.55. The van der Waals surface area contributed by atoms with E-state index in [-0.39, 0.29) is 0 Å². The number of hydrogen-bond acceptors (Lipinski definition) is 2. The summed E-state index contributed by atoms with van der Waals surface area (Å²) in [6, 6.07) is 6.27. The lowest BCUT2D eigenvalue weighted by Gasteiger charge is -2.00. The fraction of sp³-hybridized carbons (Fsp3) is 0.273. The average Bonchev–Trinajstić information content (AvgIpc) is 3.00. The van der Waals surface area contributed by atoms with Gasteiger partial charge < -0.3 is 0 Å². The second-order valence-corrected chi connectivity index (χ2v) is 4.63. The quantitative estimate of drug-likeness (QED) is 0.775. The highest BCUT2D eigenvalue weighted by molar-refractivity contribution is 9.10. The number of rotatable bonds is 1. The van der Waals surface area contributed by atoms with Gasteiger partial charge in [0.25, 0.3) is 0 Å². The standard InChI is InChI=1S/C11H9BrN2/c12-9-5-8-3-4-10(7-1-2-7)14-11(8)13-6-9/h3-7H,1-2H2. The molecule has 2 nitrogen and oxygen atoms in total. The van der Waals surface area contributed by atoms with Crippen LogP contribution in [0.15, 0.2) is 28.9 Å². The molecule has 1 saturated carbocycles. The first-order chi connectivity index (χ1) is 6.83. The number of hydrogen-bond donors (Lipinski definition) is 0. The molecule has 14 heavy (non-hydrogen) atoms. The van der Waals surface area contributed by atoms with Gasteiger partial charge in [-0.1, -0.05) is 0 Å². The summed E-state index contributed by atoms with van der Waals surface area (Å²) in [6.45, 7) is 0. The van der Waals surface area contributed by atoms with E-state index in [0.717, 1.165) is 15.5 Å². The molecule has 2 aromatic rings. The molecule has 1 aliphatic carbocycles. The van der Waals surface area contributed by atoms with Crippen molar-refractivity contribution in [3.63, 3.8) is 0 Å². The van der Waals surface area contributed by atoms with Crippen LogP contribution in [0.3, 0.4) is 0 Å². The van der Waals surface area contributed by atoms with Crippen molar-refractivity contribution in [1.82, 2.24) is 9.97 Å². The molecule has 1 aliphatic rings. The summed E-state index contributed by atoms with van der Waals surface area (Å²) in [5.74, 6) is 0.699. The maximum Gasteiger partial charge on any atom is 0.159 e. The number of nitrogens with zero attached hydrogens (tertiary/aromatic N) is 2. The van der Waals surface area contributed by atoms with E-state index in [9.17, 15) is 0 Å². The minimum absolute atomic E-state index is 0.699. The second kappa shape index (κ2) is 3.02. The van der Waals surface area contributed by atoms with E-state index < -0.39 is 0 Å². The highest BCUT2D eigenvalue weighted by Crippen LogP contribution is 2.39. The van der Waals surface area contributed by atoms with Gasteiger partial charge in [0.2, 0.25) is 0 Å². The third kappa shape index (κ3) is 1.42. The lowest BCUT2D eigenvalue weighted by atomic mass is 10.2. The Morgan fingerprint density at radius 1 is 1.29 bits per heavy atom. The van der Waals surface area contributed by atoms with Crippen molar-refractivity contribution in [2.24, 2.45) is 0 Å². The van der Waals surface area contributed by atoms with E-state index >= 15 is 0 Å². The second-order valence-electron chi connectivity index (χ2n) is 3.71. The third-order valence-electron chi connectivity index (χ3n) is 2.53. The molecule has 3 heteroatoms. The maximum absolute atomic E-state index is 4.55. The van der Waals surface area contributed by atoms with Gasteiger partial charge in [-0.2, -0.15) is 0 Å². The Balaban J connectivity index is 2.18. The first-order valence-electron chi connectivity index (χ1n) is 4.75. The minimum Gasteiger partial charge on any atom is -0.235 e. The fourth-order valence-corrected chi connectivity index (χ4v) is 1.95. The van der Waals surface area contributed by atoms with Crippen LogP contribution in [0.4, 0.5) is 0 Å². The van der Waals surface area contributed by atoms with Gasteiger partial charge in [0.1, 0.15) is 0 Å². The lowest BCUT2D eigenvalue weighted by molar-refractivity contribution is 1.03. The molecule has 0 saturated heterocycles. The zero-order chi connectivity index (χ0) is 9.54. The predicted octanol–water partition coefficient (Wildman–Crippen LogP) is 3.27. The van der Waals surface area contributed by atoms with Crippen LogP contribution in [0.1, 0.15) is 24.5 Å². The van der Waals surface area contributed by atoms with E-state index in [0.29, 0.717) is 5.92 Å². The molecule has 3 rings (SSSR count). The van der Waals surface area contributed by atoms with E-state index in [1.165, 1.54) is 18.5 Å². The average molecular weight is 249 g/mol. The smallest absolute Gasteiger partial charge is 0.159 e. The van der Waals surface area contributed by atoms with Crippen molar-refractivity contribution in [1.29, 1.82) is 0 Å². The van der Waals surface area contributed by atoms with Gasteiger partial charge >= 0.3 is 0 Å². The Labute approximate surface area is 90.5 Å². The molecule has 1 fully saturated rings. The van der Waals surface area contributed by atoms with Crippen molar-refractivity contribution in [3.05, 3.63) is 34.6 Å². The topological polar surface area (TPSA) is 25.8 Å². The zero-order valence-electron chi connectivity index (χ0n) is 7.57. The van der Waals surface area contributed by atoms with E-state index in [2.05, 4.69) is 38.0 Å². The van der Waals surface area contributed by atoms with Crippen LogP contribution in [0, 0.1) is 0 Å². The molecule has 0 spiro atoms. The summed E-state index contributed by atoms with van der Waals surface area (Å²) >= 11 is 3.40. The molecule has 0 N–H and O–H groups in total. The van der Waals surface area contributed by atoms with Crippen LogP contribution in [0.2, 0.25) is 0 Å². The first-order valence-corrected chi connectivity index (χ1v) is 5.54. The van der Waals surface area contributed by atoms with E-state index in [4.69, 9.17) is 0 Å². The van der Waals surface area contributed by atoms with Crippen molar-refractivity contribution in [2.45, 2.75) is 18.8 Å². The minimum atomic E-state index is 0.699. The Morgan fingerprint density at radius 2 is 2.14 bits per heavy atom. The van der Waals surface area contributed by atoms with Gasteiger partial charge in [0, 0.05) is 27.7 Å². The van der Waals surface area contributed by atoms with Gasteiger partial charge in [-0.15, -0.1) is 0 Å². The highest BCUT2D eigenvalue weighted by atomic mass is 79.9. The SMILES string of the molecule is Brc1cnc2nc(C3CC3)ccc2c1. The molecule has 0 atom stereocenters. The van der Waals surface area contributed by atoms with Gasteiger partial charge in [-0.3, -0.25) is 0 Å². The fourth-order valence-electron chi connectivity index (χ4n) is 1.60. The molecule has 0 aliphatic heterocycles. The molecular formula is C11H9BrN2. The Bertz CT molecular complexity index is 492. The summed E-state index contributed by atoms with van der Waals surface area (Å²) in [4.78, 5) is 8.84. The van der Waals surface area contributed by atoms with Crippen molar-refractivity contribution < 1.29 is 0 Å². The van der Waals surface area contributed by atoms with Crippen LogP contribution in [-0.4, -0.2) is 9.97 Å². The number of fused-ring (bicyclic) bond motifs is 1. The molecule has 0 unspecified atom stereocenters. The van der Waals surface area contributed by atoms with Gasteiger partial charge in [-0.25, -0.2) is 9.97 Å². The lowest BCUT2D eigenvalue weighted by Crippen LogP contribution is -1.89. The molecule has 2 aromatic heterocycles. The van der Waals surface area contributed by atoms with Crippen molar-refractivity contribution >= 4 is 27.0 Å². The van der Waals surface area contributed by atoms with Crippen LogP contribution >= 0.6 is 15.9 Å². The van der Waals surface area contributed by atoms with Crippen LogP contribution in [0.25, 0.3) is 11.0 Å². The summed E-state index contributed by atoms with van der Waals surface area (Å²) in [5.41, 5.74) is 2.06. The van der Waals surface area contributed by atoms with E-state index in [1.54, 1.807) is 6.20 Å². The normalized spacial score (nSPS) is 16.1. The van der Waals surface area contributed by atoms with Gasteiger partial charge in [0.15, 0.2) is 5.65 Å². The van der Waals surface area contributed by atoms with Crippen molar-refractivity contribution in [3.8, 4) is 0 Å². The van der Waals surface area contributed by atoms with E-state index in [1.807, 2.05) is 6.07 Å². The molecule has 70 valence electrons. The summed E-state index contributed by atoms with van der Waals surface area (Å²) in [6.07, 6.45) is 4.37. The molecule has 0 bridgehead atoms. The third-order valence-corrected chi connectivity index (χ3v) is 2.96. The van der Waals surface area contributed by atoms with Crippen LogP contribution in [-0.2, 0) is 0 Å². The zero-order valence-corrected chi connectivity index (χ0v) is 9.16. The van der Waals surface area contributed by atoms with Gasteiger partial charge in [-0.05, 0) is 47.0 Å². The summed E-state index contributed by atoms with van der Waals surface area (Å²) in [7, 11) is 0. The number of aromatic nitrogens is 2. The number of halogens is 1. The Morgan fingerprint density at radius 3 is 2.93 bits per heavy atom. The molecular weight excluding hydrogens is 240 g/mol. The van der Waals surface area contributed by atoms with Crippen molar-refractivity contribution in [2.75, 3.05) is 0 Å². The molecule has 0 aromatic carbocycles. The van der Waals surface area contributed by atoms with Gasteiger partial charge in [0.05, 0.1) is 0 Å². The molecule has 0 radical (unpaired) electrons. The Hall–Kier alpha value is -0.960. The first kappa shape index (κ1) is 8.36.